The Balaban J connectivity index is 1.86. The molecule has 0 bridgehead atoms. The number of ether oxygens (including phenoxy) is 1. The quantitative estimate of drug-likeness (QED) is 0.615. The molecule has 0 unspecified atom stereocenters. The summed E-state index contributed by atoms with van der Waals surface area (Å²) in [6.45, 7) is 1.43. The van der Waals surface area contributed by atoms with Gasteiger partial charge in [-0.3, -0.25) is 19.1 Å². The number of carbonyl (C=O) groups is 1. The number of carbonyl (C=O) groups excluding carboxylic acids is 1. The van der Waals surface area contributed by atoms with Gasteiger partial charge in [-0.15, -0.1) is 0 Å². The lowest BCUT2D eigenvalue weighted by Gasteiger charge is -2.26. The van der Waals surface area contributed by atoms with Crippen LogP contribution in [0.15, 0.2) is 58.4 Å². The topological polar surface area (TPSA) is 99.3 Å². The molecule has 0 aliphatic carbocycles. The van der Waals surface area contributed by atoms with Gasteiger partial charge in [-0.05, 0) is 35.9 Å². The van der Waals surface area contributed by atoms with Gasteiger partial charge < -0.3 is 9.64 Å². The number of aromatic nitrogens is 4. The minimum absolute atomic E-state index is 0.0367. The molecule has 154 valence electrons. The van der Waals surface area contributed by atoms with Crippen molar-refractivity contribution in [1.82, 2.24) is 24.2 Å². The van der Waals surface area contributed by atoms with Gasteiger partial charge in [0.25, 0.3) is 11.5 Å². The van der Waals surface area contributed by atoms with E-state index in [0.717, 1.165) is 9.25 Å². The van der Waals surface area contributed by atoms with E-state index in [1.54, 1.807) is 48.8 Å². The summed E-state index contributed by atoms with van der Waals surface area (Å²) in [5, 5.41) is 4.62. The number of pyridine rings is 1. The van der Waals surface area contributed by atoms with Crippen LogP contribution in [0, 0.1) is 0 Å². The average molecular weight is 428 g/mol. The molecule has 0 spiro atoms. The van der Waals surface area contributed by atoms with Gasteiger partial charge in [-0.25, -0.2) is 4.79 Å². The van der Waals surface area contributed by atoms with Crippen LogP contribution in [-0.2, 0) is 11.3 Å². The van der Waals surface area contributed by atoms with Crippen LogP contribution in [0.1, 0.15) is 16.1 Å². The van der Waals surface area contributed by atoms with E-state index in [1.165, 1.54) is 4.90 Å². The van der Waals surface area contributed by atoms with Gasteiger partial charge in [-0.1, -0.05) is 17.7 Å². The van der Waals surface area contributed by atoms with E-state index in [9.17, 15) is 14.4 Å². The molecule has 3 aromatic rings. The molecule has 9 nitrogen and oxygen atoms in total. The first-order valence-corrected chi connectivity index (χ1v) is 9.68. The Morgan fingerprint density at radius 1 is 1.10 bits per heavy atom. The summed E-state index contributed by atoms with van der Waals surface area (Å²) >= 11 is 5.94. The predicted octanol–water partition coefficient (Wildman–Crippen LogP) is 0.963. The molecule has 1 aromatic carbocycles. The first kappa shape index (κ1) is 20.0. The molecule has 0 atom stereocenters. The highest BCUT2D eigenvalue weighted by atomic mass is 35.5. The molecule has 1 saturated heterocycles. The van der Waals surface area contributed by atoms with Gasteiger partial charge in [0, 0.05) is 30.5 Å². The molecule has 0 saturated carbocycles. The van der Waals surface area contributed by atoms with E-state index in [1.807, 2.05) is 0 Å². The third-order valence-corrected chi connectivity index (χ3v) is 4.95. The number of halogens is 1. The first-order chi connectivity index (χ1) is 14.5. The van der Waals surface area contributed by atoms with Crippen LogP contribution in [0.3, 0.4) is 0 Å². The Bertz CT molecular complexity index is 1170. The summed E-state index contributed by atoms with van der Waals surface area (Å²) in [7, 11) is 0. The molecule has 10 heteroatoms. The zero-order valence-corrected chi connectivity index (χ0v) is 16.7. The standard InChI is InChI=1S/C20H18ClN5O4/c21-15-3-5-16(6-4-15)26-20(29)25(13-14-2-1-7-22-12-14)19(28)17(23-26)18(27)24-8-10-30-11-9-24/h1-7,12H,8-11,13H2. The van der Waals surface area contributed by atoms with Gasteiger partial charge >= 0.3 is 5.69 Å². The number of rotatable bonds is 4. The fourth-order valence-electron chi connectivity index (χ4n) is 3.13. The van der Waals surface area contributed by atoms with Crippen molar-refractivity contribution in [2.75, 3.05) is 26.3 Å². The molecule has 1 aliphatic heterocycles. The van der Waals surface area contributed by atoms with Crippen molar-refractivity contribution in [2.24, 2.45) is 0 Å². The maximum atomic E-state index is 13.1. The number of hydrogen-bond acceptors (Lipinski definition) is 6. The Labute approximate surface area is 176 Å². The van der Waals surface area contributed by atoms with Crippen LogP contribution in [0.5, 0.6) is 0 Å². The van der Waals surface area contributed by atoms with Crippen molar-refractivity contribution >= 4 is 17.5 Å². The molecule has 1 aliphatic rings. The smallest absolute Gasteiger partial charge is 0.352 e. The van der Waals surface area contributed by atoms with Crippen molar-refractivity contribution < 1.29 is 9.53 Å². The lowest BCUT2D eigenvalue weighted by molar-refractivity contribution is 0.0295. The SMILES string of the molecule is O=C(c1nn(-c2ccc(Cl)cc2)c(=O)n(Cc2cccnc2)c1=O)N1CCOCC1. The predicted molar refractivity (Wildman–Crippen MR) is 109 cm³/mol. The Hall–Kier alpha value is -3.30. The van der Waals surface area contributed by atoms with E-state index < -0.39 is 17.2 Å². The third-order valence-electron chi connectivity index (χ3n) is 4.70. The lowest BCUT2D eigenvalue weighted by Crippen LogP contribution is -2.48. The normalized spacial score (nSPS) is 14.0. The summed E-state index contributed by atoms with van der Waals surface area (Å²) in [6.07, 6.45) is 3.15. The zero-order chi connectivity index (χ0) is 21.1. The summed E-state index contributed by atoms with van der Waals surface area (Å²) in [5.74, 6) is -0.536. The number of nitrogens with zero attached hydrogens (tertiary/aromatic N) is 5. The second-order valence-electron chi connectivity index (χ2n) is 6.68. The molecule has 1 fully saturated rings. The molecular weight excluding hydrogens is 410 g/mol. The van der Waals surface area contributed by atoms with Crippen LogP contribution in [0.25, 0.3) is 5.69 Å². The monoisotopic (exact) mass is 427 g/mol. The van der Waals surface area contributed by atoms with Crippen LogP contribution in [0.4, 0.5) is 0 Å². The van der Waals surface area contributed by atoms with Crippen molar-refractivity contribution in [3.63, 3.8) is 0 Å². The van der Waals surface area contributed by atoms with E-state index in [2.05, 4.69) is 10.1 Å². The first-order valence-electron chi connectivity index (χ1n) is 9.30. The number of hydrogen-bond donors (Lipinski definition) is 0. The molecule has 30 heavy (non-hydrogen) atoms. The minimum atomic E-state index is -0.745. The average Bonchev–Trinajstić information content (AvgIpc) is 2.78. The molecule has 0 radical (unpaired) electrons. The largest absolute Gasteiger partial charge is 0.378 e. The van der Waals surface area contributed by atoms with Crippen LogP contribution >= 0.6 is 11.6 Å². The number of amides is 1. The van der Waals surface area contributed by atoms with Gasteiger partial charge in [0.1, 0.15) is 0 Å². The highest BCUT2D eigenvalue weighted by Gasteiger charge is 2.26. The summed E-state index contributed by atoms with van der Waals surface area (Å²) in [6, 6.07) is 9.85. The van der Waals surface area contributed by atoms with Crippen LogP contribution < -0.4 is 11.2 Å². The van der Waals surface area contributed by atoms with Crippen LogP contribution in [0.2, 0.25) is 5.02 Å². The fraction of sp³-hybridized carbons (Fsp3) is 0.250. The van der Waals surface area contributed by atoms with Gasteiger partial charge in [-0.2, -0.15) is 9.78 Å². The third kappa shape index (κ3) is 4.03. The zero-order valence-electron chi connectivity index (χ0n) is 15.9. The van der Waals surface area contributed by atoms with Gasteiger partial charge in [0.05, 0.1) is 25.4 Å². The Morgan fingerprint density at radius 2 is 1.83 bits per heavy atom. The van der Waals surface area contributed by atoms with E-state index in [4.69, 9.17) is 16.3 Å². The minimum Gasteiger partial charge on any atom is -0.378 e. The highest BCUT2D eigenvalue weighted by molar-refractivity contribution is 6.30. The second kappa shape index (κ2) is 8.60. The van der Waals surface area contributed by atoms with Crippen LogP contribution in [-0.4, -0.2) is 56.4 Å². The van der Waals surface area contributed by atoms with Crippen molar-refractivity contribution in [3.05, 3.63) is 85.9 Å². The highest BCUT2D eigenvalue weighted by Crippen LogP contribution is 2.11. The maximum Gasteiger partial charge on any atom is 0.352 e. The van der Waals surface area contributed by atoms with E-state index in [-0.39, 0.29) is 12.2 Å². The molecule has 2 aromatic heterocycles. The van der Waals surface area contributed by atoms with Gasteiger partial charge in [0.2, 0.25) is 5.69 Å². The fourth-order valence-corrected chi connectivity index (χ4v) is 3.26. The van der Waals surface area contributed by atoms with Crippen molar-refractivity contribution in [1.29, 1.82) is 0 Å². The molecule has 3 heterocycles. The summed E-state index contributed by atoms with van der Waals surface area (Å²) in [5.41, 5.74) is -0.693. The Morgan fingerprint density at radius 3 is 2.50 bits per heavy atom. The van der Waals surface area contributed by atoms with Crippen molar-refractivity contribution in [3.8, 4) is 5.69 Å². The molecule has 4 rings (SSSR count). The van der Waals surface area contributed by atoms with E-state index in [0.29, 0.717) is 42.6 Å². The summed E-state index contributed by atoms with van der Waals surface area (Å²) in [4.78, 5) is 44.7. The second-order valence-corrected chi connectivity index (χ2v) is 7.11. The van der Waals surface area contributed by atoms with Gasteiger partial charge in [0.15, 0.2) is 0 Å². The van der Waals surface area contributed by atoms with E-state index >= 15 is 0 Å². The number of benzene rings is 1. The molecule has 0 N–H and O–H groups in total. The Kier molecular flexibility index (Phi) is 5.73. The van der Waals surface area contributed by atoms with Crippen molar-refractivity contribution in [2.45, 2.75) is 6.54 Å². The lowest BCUT2D eigenvalue weighted by atomic mass is 10.2. The molecule has 1 amide bonds. The maximum absolute atomic E-state index is 13.1. The molecular formula is C20H18ClN5O4. The number of morpholine rings is 1. The summed E-state index contributed by atoms with van der Waals surface area (Å²) < 4.78 is 7.31.